The normalized spacial score (nSPS) is 17.3. The van der Waals surface area contributed by atoms with Gasteiger partial charge in [-0.3, -0.25) is 23.7 Å². The molecule has 1 aromatic carbocycles. The van der Waals surface area contributed by atoms with Gasteiger partial charge >= 0.3 is 0 Å². The minimum atomic E-state index is -0.431. The second-order valence-corrected chi connectivity index (χ2v) is 9.90. The summed E-state index contributed by atoms with van der Waals surface area (Å²) in [7, 11) is 0. The first kappa shape index (κ1) is 22.8. The Morgan fingerprint density at radius 1 is 0.857 bits per heavy atom. The predicted octanol–water partition coefficient (Wildman–Crippen LogP) is 3.18. The van der Waals surface area contributed by atoms with Gasteiger partial charge in [0.2, 0.25) is 0 Å². The molecule has 1 fully saturated rings. The van der Waals surface area contributed by atoms with Crippen molar-refractivity contribution in [1.29, 1.82) is 0 Å². The van der Waals surface area contributed by atoms with Crippen molar-refractivity contribution >= 4 is 17.6 Å². The van der Waals surface area contributed by atoms with Crippen molar-refractivity contribution < 1.29 is 18.8 Å². The highest BCUT2D eigenvalue weighted by molar-refractivity contribution is 6.02. The molecule has 0 spiro atoms. The molecule has 0 saturated carbocycles. The number of pyridine rings is 1. The largest absolute Gasteiger partial charge is 0.459 e. The predicted molar refractivity (Wildman–Crippen MR) is 129 cm³/mol. The molecule has 0 unspecified atom stereocenters. The molecule has 8 heteroatoms. The first-order valence-electron chi connectivity index (χ1n) is 11.7. The van der Waals surface area contributed by atoms with Gasteiger partial charge in [0.25, 0.3) is 17.4 Å². The molecule has 3 heterocycles. The van der Waals surface area contributed by atoms with E-state index in [1.54, 1.807) is 34.1 Å². The molecule has 0 radical (unpaired) electrons. The fraction of sp³-hybridized carbons (Fsp3) is 0.333. The molecule has 35 heavy (non-hydrogen) atoms. The average Bonchev–Trinajstić information content (AvgIpc) is 3.38. The molecule has 1 aliphatic carbocycles. The van der Waals surface area contributed by atoms with Crippen LogP contribution in [0.25, 0.3) is 5.69 Å². The van der Waals surface area contributed by atoms with E-state index in [2.05, 4.69) is 0 Å². The van der Waals surface area contributed by atoms with Gasteiger partial charge in [0.05, 0.1) is 6.26 Å². The van der Waals surface area contributed by atoms with E-state index in [0.29, 0.717) is 42.9 Å². The van der Waals surface area contributed by atoms with Gasteiger partial charge < -0.3 is 14.2 Å². The monoisotopic (exact) mass is 473 g/mol. The Morgan fingerprint density at radius 3 is 2.14 bits per heavy atom. The number of carbonyl (C=O) groups is 3. The number of hydrogen-bond donors (Lipinski definition) is 0. The van der Waals surface area contributed by atoms with Crippen molar-refractivity contribution in [3.05, 3.63) is 87.7 Å². The Hall–Kier alpha value is -3.94. The van der Waals surface area contributed by atoms with E-state index in [4.69, 9.17) is 4.42 Å². The van der Waals surface area contributed by atoms with Crippen molar-refractivity contribution in [2.24, 2.45) is 5.41 Å². The summed E-state index contributed by atoms with van der Waals surface area (Å²) in [6, 6.07) is 13.9. The summed E-state index contributed by atoms with van der Waals surface area (Å²) in [6.07, 6.45) is 2.36. The first-order chi connectivity index (χ1) is 16.7. The number of ketones is 1. The van der Waals surface area contributed by atoms with Crippen LogP contribution >= 0.6 is 0 Å². The van der Waals surface area contributed by atoms with E-state index in [9.17, 15) is 19.2 Å². The van der Waals surface area contributed by atoms with Crippen molar-refractivity contribution in [2.75, 3.05) is 26.2 Å². The van der Waals surface area contributed by atoms with Gasteiger partial charge in [0, 0.05) is 49.5 Å². The van der Waals surface area contributed by atoms with Gasteiger partial charge in [0.15, 0.2) is 11.5 Å². The third-order valence-electron chi connectivity index (χ3n) is 6.72. The summed E-state index contributed by atoms with van der Waals surface area (Å²) in [5.74, 6) is -0.462. The van der Waals surface area contributed by atoms with Crippen LogP contribution in [0.5, 0.6) is 0 Å². The van der Waals surface area contributed by atoms with Crippen LogP contribution in [-0.2, 0) is 6.42 Å². The quantitative estimate of drug-likeness (QED) is 0.583. The van der Waals surface area contributed by atoms with Gasteiger partial charge in [-0.2, -0.15) is 0 Å². The third-order valence-corrected chi connectivity index (χ3v) is 6.72. The highest BCUT2D eigenvalue weighted by Crippen LogP contribution is 2.35. The van der Waals surface area contributed by atoms with Crippen LogP contribution in [-0.4, -0.2) is 58.1 Å². The second kappa shape index (κ2) is 8.69. The molecule has 0 bridgehead atoms. The molecule has 180 valence electrons. The van der Waals surface area contributed by atoms with Gasteiger partial charge in [-0.1, -0.05) is 32.0 Å². The number of aromatic nitrogens is 1. The van der Waals surface area contributed by atoms with Crippen LogP contribution in [0.3, 0.4) is 0 Å². The number of para-hydroxylation sites is 1. The number of piperazine rings is 1. The van der Waals surface area contributed by atoms with E-state index in [-0.39, 0.29) is 41.5 Å². The van der Waals surface area contributed by atoms with Crippen molar-refractivity contribution in [1.82, 2.24) is 14.4 Å². The molecule has 8 nitrogen and oxygen atoms in total. The minimum Gasteiger partial charge on any atom is -0.459 e. The molecule has 0 N–H and O–H groups in total. The lowest BCUT2D eigenvalue weighted by Gasteiger charge is -2.35. The van der Waals surface area contributed by atoms with Crippen molar-refractivity contribution in [3.8, 4) is 5.69 Å². The second-order valence-electron chi connectivity index (χ2n) is 9.90. The molecule has 2 aliphatic rings. The number of rotatable bonds is 3. The molecule has 1 aliphatic heterocycles. The van der Waals surface area contributed by atoms with E-state index >= 15 is 0 Å². The maximum atomic E-state index is 13.7. The summed E-state index contributed by atoms with van der Waals surface area (Å²) in [5.41, 5.74) is 0.972. The number of fused-ring (bicyclic) bond motifs is 1. The maximum Gasteiger partial charge on any atom is 0.289 e. The number of Topliss-reactive ketones (excluding diaryl/α,β-unsaturated/α-hetero) is 1. The van der Waals surface area contributed by atoms with Gasteiger partial charge in [-0.15, -0.1) is 0 Å². The van der Waals surface area contributed by atoms with Gasteiger partial charge in [0.1, 0.15) is 5.56 Å². The summed E-state index contributed by atoms with van der Waals surface area (Å²) in [4.78, 5) is 56.0. The maximum absolute atomic E-state index is 13.7. The highest BCUT2D eigenvalue weighted by Gasteiger charge is 2.36. The molecule has 5 rings (SSSR count). The van der Waals surface area contributed by atoms with Crippen LogP contribution in [0.4, 0.5) is 0 Å². The number of amides is 2. The molecule has 3 aromatic rings. The Labute approximate surface area is 202 Å². The summed E-state index contributed by atoms with van der Waals surface area (Å²) >= 11 is 0. The minimum absolute atomic E-state index is 0.0218. The van der Waals surface area contributed by atoms with Crippen LogP contribution < -0.4 is 5.56 Å². The zero-order valence-corrected chi connectivity index (χ0v) is 19.8. The lowest BCUT2D eigenvalue weighted by molar-refractivity contribution is 0.0517. The fourth-order valence-corrected chi connectivity index (χ4v) is 4.96. The Morgan fingerprint density at radius 2 is 1.51 bits per heavy atom. The fourth-order valence-electron chi connectivity index (χ4n) is 4.96. The zero-order valence-electron chi connectivity index (χ0n) is 19.8. The first-order valence-corrected chi connectivity index (χ1v) is 11.7. The van der Waals surface area contributed by atoms with E-state index in [1.165, 1.54) is 16.9 Å². The molecule has 2 aromatic heterocycles. The smallest absolute Gasteiger partial charge is 0.289 e. The summed E-state index contributed by atoms with van der Waals surface area (Å²) in [6.45, 7) is 5.25. The van der Waals surface area contributed by atoms with E-state index in [0.717, 1.165) is 0 Å². The number of hydrogen-bond acceptors (Lipinski definition) is 5. The van der Waals surface area contributed by atoms with Gasteiger partial charge in [-0.05, 0) is 42.2 Å². The van der Waals surface area contributed by atoms with Crippen molar-refractivity contribution in [3.63, 3.8) is 0 Å². The van der Waals surface area contributed by atoms with Crippen LogP contribution in [0.1, 0.15) is 57.2 Å². The van der Waals surface area contributed by atoms with Gasteiger partial charge in [-0.25, -0.2) is 0 Å². The molecule has 1 saturated heterocycles. The topological polar surface area (TPSA) is 92.8 Å². The summed E-state index contributed by atoms with van der Waals surface area (Å²) in [5, 5.41) is 0. The standard InChI is InChI=1S/C27H27N3O5/c1-27(2)16-21-19(22(31)17-27)15-20(25(33)30(21)18-7-4-3-5-8-18)24(32)28-10-12-29(13-11-28)26(34)23-9-6-14-35-23/h3-9,14-15H,10-13,16-17H2,1-2H3. The Bertz CT molecular complexity index is 1350. The Balaban J connectivity index is 1.48. The molecule has 0 atom stereocenters. The lowest BCUT2D eigenvalue weighted by atomic mass is 9.75. The van der Waals surface area contributed by atoms with Crippen LogP contribution in [0.2, 0.25) is 0 Å². The number of benzene rings is 1. The SMILES string of the molecule is CC1(C)CC(=O)c2cc(C(=O)N3CCN(C(=O)c4ccco4)CC3)c(=O)n(-c3ccccc3)c2C1. The number of nitrogens with zero attached hydrogens (tertiary/aromatic N) is 3. The molecular weight excluding hydrogens is 446 g/mol. The molecule has 2 amide bonds. The third kappa shape index (κ3) is 4.20. The Kier molecular flexibility index (Phi) is 5.67. The zero-order chi connectivity index (χ0) is 24.7. The molecular formula is C27H27N3O5. The van der Waals surface area contributed by atoms with Crippen molar-refractivity contribution in [2.45, 2.75) is 26.7 Å². The highest BCUT2D eigenvalue weighted by atomic mass is 16.3. The van der Waals surface area contributed by atoms with E-state index < -0.39 is 11.5 Å². The lowest BCUT2D eigenvalue weighted by Crippen LogP contribution is -2.51. The average molecular weight is 474 g/mol. The summed E-state index contributed by atoms with van der Waals surface area (Å²) < 4.78 is 6.72. The van der Waals surface area contributed by atoms with Crippen LogP contribution in [0, 0.1) is 5.41 Å². The number of furan rings is 1. The van der Waals surface area contributed by atoms with Crippen LogP contribution in [0.15, 0.2) is 64.0 Å². The van der Waals surface area contributed by atoms with E-state index in [1.807, 2.05) is 32.0 Å². The number of carbonyl (C=O) groups excluding carboxylic acids is 3.